The Morgan fingerprint density at radius 3 is 2.59 bits per heavy atom. The number of primary sulfonamides is 1. The molecular formula is C9H10ClNO5S. The zero-order valence-corrected chi connectivity index (χ0v) is 10.4. The molecule has 1 rings (SSSR count). The highest BCUT2D eigenvalue weighted by molar-refractivity contribution is 7.89. The predicted molar refractivity (Wildman–Crippen MR) is 60.3 cm³/mol. The first-order valence-corrected chi connectivity index (χ1v) is 6.29. The normalized spacial score (nSPS) is 11.0. The summed E-state index contributed by atoms with van der Waals surface area (Å²) in [4.78, 5) is 10.7. The van der Waals surface area contributed by atoms with Crippen molar-refractivity contribution in [2.75, 3.05) is 13.7 Å². The first-order chi connectivity index (χ1) is 7.84. The first-order valence-electron chi connectivity index (χ1n) is 4.36. The maximum Gasteiger partial charge on any atom is 0.343 e. The van der Waals surface area contributed by atoms with Crippen LogP contribution >= 0.6 is 11.6 Å². The van der Waals surface area contributed by atoms with Crippen LogP contribution in [0.2, 0.25) is 5.02 Å². The second kappa shape index (κ2) is 5.35. The van der Waals surface area contributed by atoms with Gasteiger partial charge in [0.05, 0.1) is 17.0 Å². The van der Waals surface area contributed by atoms with Gasteiger partial charge in [-0.2, -0.15) is 0 Å². The molecule has 0 saturated carbocycles. The summed E-state index contributed by atoms with van der Waals surface area (Å²) in [7, 11) is -2.59. The zero-order valence-electron chi connectivity index (χ0n) is 8.84. The molecule has 0 spiro atoms. The molecule has 0 aliphatic heterocycles. The molecule has 8 heteroatoms. The van der Waals surface area contributed by atoms with Crippen molar-refractivity contribution in [2.24, 2.45) is 5.14 Å². The second-order valence-corrected chi connectivity index (χ2v) is 4.97. The van der Waals surface area contributed by atoms with Gasteiger partial charge in [0.1, 0.15) is 5.75 Å². The molecular weight excluding hydrogens is 270 g/mol. The van der Waals surface area contributed by atoms with Crippen LogP contribution in [0.4, 0.5) is 0 Å². The molecule has 0 fully saturated rings. The molecule has 1 aromatic rings. The lowest BCUT2D eigenvalue weighted by Gasteiger charge is -2.07. The average molecular weight is 280 g/mol. The quantitative estimate of drug-likeness (QED) is 0.812. The third-order valence-corrected chi connectivity index (χ3v) is 3.01. The molecule has 0 radical (unpaired) electrons. The van der Waals surface area contributed by atoms with Gasteiger partial charge in [0.25, 0.3) is 0 Å². The van der Waals surface area contributed by atoms with Crippen LogP contribution in [0.1, 0.15) is 0 Å². The number of esters is 1. The average Bonchev–Trinajstić information content (AvgIpc) is 2.25. The van der Waals surface area contributed by atoms with Crippen LogP contribution in [0, 0.1) is 0 Å². The predicted octanol–water partition coefficient (Wildman–Crippen LogP) is 0.539. The third-order valence-electron chi connectivity index (χ3n) is 1.81. The number of sulfonamides is 1. The number of benzene rings is 1. The number of carbonyl (C=O) groups is 1. The van der Waals surface area contributed by atoms with Crippen LogP contribution in [0.15, 0.2) is 23.1 Å². The summed E-state index contributed by atoms with van der Waals surface area (Å²) in [6.07, 6.45) is 0. The highest BCUT2D eigenvalue weighted by atomic mass is 35.5. The fourth-order valence-corrected chi connectivity index (χ4v) is 1.81. The Labute approximate surface area is 103 Å². The molecule has 6 nitrogen and oxygen atoms in total. The van der Waals surface area contributed by atoms with E-state index in [1.165, 1.54) is 19.2 Å². The van der Waals surface area contributed by atoms with Crippen LogP contribution in [0.25, 0.3) is 0 Å². The van der Waals surface area contributed by atoms with E-state index in [-0.39, 0.29) is 22.3 Å². The summed E-state index contributed by atoms with van der Waals surface area (Å²) in [5.41, 5.74) is 0. The second-order valence-electron chi connectivity index (χ2n) is 3.00. The summed E-state index contributed by atoms with van der Waals surface area (Å²) in [6.45, 7) is -0.315. The first kappa shape index (κ1) is 13.8. The van der Waals surface area contributed by atoms with Crippen molar-refractivity contribution < 1.29 is 22.7 Å². The molecule has 0 atom stereocenters. The molecule has 0 heterocycles. The zero-order chi connectivity index (χ0) is 13.1. The van der Waals surface area contributed by atoms with Crippen LogP contribution < -0.4 is 9.88 Å². The van der Waals surface area contributed by atoms with E-state index >= 15 is 0 Å². The summed E-state index contributed by atoms with van der Waals surface area (Å²) >= 11 is 5.76. The molecule has 0 bridgehead atoms. The van der Waals surface area contributed by atoms with E-state index in [0.717, 1.165) is 6.07 Å². The molecule has 0 aliphatic carbocycles. The van der Waals surface area contributed by atoms with Gasteiger partial charge >= 0.3 is 5.97 Å². The van der Waals surface area contributed by atoms with Crippen LogP contribution in [-0.4, -0.2) is 28.1 Å². The number of rotatable bonds is 4. The fraction of sp³-hybridized carbons (Fsp3) is 0.222. The minimum absolute atomic E-state index is 0.0421. The molecule has 0 aliphatic rings. The Bertz CT molecular complexity index is 528. The van der Waals surface area contributed by atoms with E-state index in [9.17, 15) is 13.2 Å². The fourth-order valence-electron chi connectivity index (χ4n) is 0.971. The van der Waals surface area contributed by atoms with Gasteiger partial charge in [0, 0.05) is 0 Å². The number of ether oxygens (including phenoxy) is 2. The van der Waals surface area contributed by atoms with Gasteiger partial charge < -0.3 is 9.47 Å². The Kier molecular flexibility index (Phi) is 4.33. The largest absolute Gasteiger partial charge is 0.480 e. The molecule has 0 unspecified atom stereocenters. The summed E-state index contributed by atoms with van der Waals surface area (Å²) in [5.74, 6) is -0.402. The van der Waals surface area contributed by atoms with Gasteiger partial charge in [-0.1, -0.05) is 11.6 Å². The molecule has 1 aromatic carbocycles. The standard InChI is InChI=1S/C9H10ClNO5S/c1-15-9(12)5-16-8-3-2-6(4-7(8)10)17(11,13)14/h2-4H,5H2,1H3,(H2,11,13,14). The van der Waals surface area contributed by atoms with Crippen molar-refractivity contribution in [1.82, 2.24) is 0 Å². The van der Waals surface area contributed by atoms with Crippen molar-refractivity contribution in [3.63, 3.8) is 0 Å². The van der Waals surface area contributed by atoms with Crippen molar-refractivity contribution in [3.05, 3.63) is 23.2 Å². The number of nitrogens with two attached hydrogens (primary N) is 1. The van der Waals surface area contributed by atoms with Crippen molar-refractivity contribution in [3.8, 4) is 5.75 Å². The summed E-state index contributed by atoms with van der Waals surface area (Å²) in [6, 6.07) is 3.68. The van der Waals surface area contributed by atoms with E-state index in [4.69, 9.17) is 21.5 Å². The topological polar surface area (TPSA) is 95.7 Å². The molecule has 0 saturated heterocycles. The van der Waals surface area contributed by atoms with Crippen LogP contribution in [-0.2, 0) is 19.6 Å². The molecule has 0 amide bonds. The SMILES string of the molecule is COC(=O)COc1ccc(S(N)(=O)=O)cc1Cl. The lowest BCUT2D eigenvalue weighted by molar-refractivity contribution is -0.142. The van der Waals surface area contributed by atoms with Gasteiger partial charge in [-0.3, -0.25) is 0 Å². The van der Waals surface area contributed by atoms with Gasteiger partial charge in [0.2, 0.25) is 10.0 Å². The molecule has 94 valence electrons. The van der Waals surface area contributed by atoms with Crippen LogP contribution in [0.5, 0.6) is 5.75 Å². The summed E-state index contributed by atoms with van der Waals surface area (Å²) in [5, 5.41) is 4.96. The van der Waals surface area contributed by atoms with E-state index in [1.807, 2.05) is 0 Å². The highest BCUT2D eigenvalue weighted by Crippen LogP contribution is 2.26. The Morgan fingerprint density at radius 1 is 1.47 bits per heavy atom. The third kappa shape index (κ3) is 3.88. The summed E-state index contributed by atoms with van der Waals surface area (Å²) < 4.78 is 31.4. The highest BCUT2D eigenvalue weighted by Gasteiger charge is 2.12. The maximum absolute atomic E-state index is 11.0. The Morgan fingerprint density at radius 2 is 2.12 bits per heavy atom. The van der Waals surface area contributed by atoms with Gasteiger partial charge in [-0.25, -0.2) is 18.4 Å². The molecule has 17 heavy (non-hydrogen) atoms. The van der Waals surface area contributed by atoms with Crippen molar-refractivity contribution in [1.29, 1.82) is 0 Å². The van der Waals surface area contributed by atoms with E-state index in [1.54, 1.807) is 0 Å². The van der Waals surface area contributed by atoms with Crippen molar-refractivity contribution in [2.45, 2.75) is 4.90 Å². The minimum Gasteiger partial charge on any atom is -0.480 e. The number of carbonyl (C=O) groups excluding carboxylic acids is 1. The number of hydrogen-bond acceptors (Lipinski definition) is 5. The van der Waals surface area contributed by atoms with E-state index < -0.39 is 16.0 Å². The molecule has 2 N–H and O–H groups in total. The minimum atomic E-state index is -3.81. The van der Waals surface area contributed by atoms with Crippen LogP contribution in [0.3, 0.4) is 0 Å². The van der Waals surface area contributed by atoms with Gasteiger partial charge in [0.15, 0.2) is 6.61 Å². The monoisotopic (exact) mass is 279 g/mol. The lowest BCUT2D eigenvalue weighted by atomic mass is 10.3. The smallest absolute Gasteiger partial charge is 0.343 e. The lowest BCUT2D eigenvalue weighted by Crippen LogP contribution is -2.14. The van der Waals surface area contributed by atoms with E-state index in [2.05, 4.69) is 4.74 Å². The van der Waals surface area contributed by atoms with Crippen molar-refractivity contribution >= 4 is 27.6 Å². The Hall–Kier alpha value is -1.31. The van der Waals surface area contributed by atoms with E-state index in [0.29, 0.717) is 0 Å². The van der Waals surface area contributed by atoms with Gasteiger partial charge in [-0.15, -0.1) is 0 Å². The number of methoxy groups -OCH3 is 1. The molecule has 0 aromatic heterocycles. The van der Waals surface area contributed by atoms with Gasteiger partial charge in [-0.05, 0) is 18.2 Å². The Balaban J connectivity index is 2.88. The number of hydrogen-bond donors (Lipinski definition) is 1. The maximum atomic E-state index is 11.0. The number of halogens is 1.